The smallest absolute Gasteiger partial charge is 0.307 e. The van der Waals surface area contributed by atoms with Crippen LogP contribution >= 0.6 is 0 Å². The number of carboxylic acid groups (broad SMARTS) is 1. The first-order valence-corrected chi connectivity index (χ1v) is 5.65. The Bertz CT molecular complexity index is 208. The highest BCUT2D eigenvalue weighted by molar-refractivity contribution is 5.70. The summed E-state index contributed by atoms with van der Waals surface area (Å²) in [5.41, 5.74) is 0. The molecular weight excluding hydrogens is 176 g/mol. The number of hydrogen-bond donors (Lipinski definition) is 1. The molecule has 2 unspecified atom stereocenters. The Morgan fingerprint density at radius 2 is 2.29 bits per heavy atom. The molecule has 14 heavy (non-hydrogen) atoms. The van der Waals surface area contributed by atoms with Crippen molar-refractivity contribution in [2.24, 2.45) is 11.8 Å². The molecule has 1 N–H and O–H groups in total. The molecule has 0 fully saturated rings. The molecule has 2 heteroatoms. The molecule has 1 aliphatic carbocycles. The molecule has 0 aromatic carbocycles. The van der Waals surface area contributed by atoms with Crippen LogP contribution in [0.4, 0.5) is 0 Å². The Hall–Kier alpha value is -0.790. The topological polar surface area (TPSA) is 37.3 Å². The molecule has 2 nitrogen and oxygen atoms in total. The first kappa shape index (κ1) is 11.3. The van der Waals surface area contributed by atoms with Gasteiger partial charge in [-0.05, 0) is 25.2 Å². The van der Waals surface area contributed by atoms with E-state index in [0.29, 0.717) is 0 Å². The van der Waals surface area contributed by atoms with Gasteiger partial charge in [-0.25, -0.2) is 0 Å². The number of hydrogen-bond acceptors (Lipinski definition) is 1. The Balaban J connectivity index is 2.41. The summed E-state index contributed by atoms with van der Waals surface area (Å²) in [5.74, 6) is -0.458. The van der Waals surface area contributed by atoms with Crippen LogP contribution in [0.15, 0.2) is 12.2 Å². The minimum atomic E-state index is -0.615. The van der Waals surface area contributed by atoms with Crippen LogP contribution in [0.1, 0.15) is 45.4 Å². The fraction of sp³-hybridized carbons (Fsp3) is 0.750. The van der Waals surface area contributed by atoms with Gasteiger partial charge in [0.2, 0.25) is 0 Å². The van der Waals surface area contributed by atoms with E-state index in [4.69, 9.17) is 5.11 Å². The summed E-state index contributed by atoms with van der Waals surface area (Å²) in [6, 6.07) is 0. The van der Waals surface area contributed by atoms with Crippen LogP contribution in [0.5, 0.6) is 0 Å². The van der Waals surface area contributed by atoms with E-state index < -0.39 is 5.97 Å². The summed E-state index contributed by atoms with van der Waals surface area (Å²) in [6.45, 7) is 2.17. The summed E-state index contributed by atoms with van der Waals surface area (Å²) < 4.78 is 0. The van der Waals surface area contributed by atoms with Gasteiger partial charge in [0.05, 0.1) is 5.92 Å². The van der Waals surface area contributed by atoms with Gasteiger partial charge in [0.25, 0.3) is 0 Å². The quantitative estimate of drug-likeness (QED) is 0.541. The zero-order valence-corrected chi connectivity index (χ0v) is 8.91. The summed E-state index contributed by atoms with van der Waals surface area (Å²) in [5, 5.41) is 9.03. The van der Waals surface area contributed by atoms with Crippen LogP contribution in [0.25, 0.3) is 0 Å². The number of rotatable bonds is 5. The van der Waals surface area contributed by atoms with Crippen LogP contribution in [-0.4, -0.2) is 11.1 Å². The summed E-state index contributed by atoms with van der Waals surface area (Å²) >= 11 is 0. The zero-order chi connectivity index (χ0) is 10.4. The summed E-state index contributed by atoms with van der Waals surface area (Å²) in [6.07, 6.45) is 10.6. The molecule has 0 heterocycles. The Labute approximate surface area is 86.0 Å². The van der Waals surface area contributed by atoms with Gasteiger partial charge in [-0.2, -0.15) is 0 Å². The molecule has 0 bridgehead atoms. The highest BCUT2D eigenvalue weighted by Crippen LogP contribution is 2.29. The van der Waals surface area contributed by atoms with Gasteiger partial charge in [0.15, 0.2) is 0 Å². The lowest BCUT2D eigenvalue weighted by Crippen LogP contribution is -2.24. The average Bonchev–Trinajstić information content (AvgIpc) is 2.19. The van der Waals surface area contributed by atoms with Crippen molar-refractivity contribution in [3.05, 3.63) is 12.2 Å². The second kappa shape index (κ2) is 5.84. The van der Waals surface area contributed by atoms with Crippen LogP contribution in [0, 0.1) is 11.8 Å². The minimum absolute atomic E-state index is 0.128. The standard InChI is InChI=1S/C12H20O2/c1-2-3-4-7-10-8-5-6-9-11(10)12(13)14/h5,8,10-11H,2-4,6-7,9H2,1H3,(H,13,14). The minimum Gasteiger partial charge on any atom is -0.481 e. The van der Waals surface area contributed by atoms with Gasteiger partial charge in [0.1, 0.15) is 0 Å². The fourth-order valence-electron chi connectivity index (χ4n) is 2.13. The molecular formula is C12H20O2. The van der Waals surface area contributed by atoms with Crippen LogP contribution in [0.2, 0.25) is 0 Å². The first-order chi connectivity index (χ1) is 6.75. The van der Waals surface area contributed by atoms with E-state index in [0.717, 1.165) is 25.7 Å². The van der Waals surface area contributed by atoms with Crippen molar-refractivity contribution in [3.8, 4) is 0 Å². The number of carboxylic acids is 1. The molecule has 0 amide bonds. The Morgan fingerprint density at radius 3 is 2.93 bits per heavy atom. The van der Waals surface area contributed by atoms with E-state index >= 15 is 0 Å². The number of aliphatic carboxylic acids is 1. The van der Waals surface area contributed by atoms with Gasteiger partial charge < -0.3 is 5.11 Å². The second-order valence-electron chi connectivity index (χ2n) is 4.11. The lowest BCUT2D eigenvalue weighted by molar-refractivity contribution is -0.143. The Kier molecular flexibility index (Phi) is 4.71. The van der Waals surface area contributed by atoms with Crippen molar-refractivity contribution in [1.82, 2.24) is 0 Å². The maximum atomic E-state index is 11.0. The fourth-order valence-corrected chi connectivity index (χ4v) is 2.13. The molecule has 0 aromatic rings. The lowest BCUT2D eigenvalue weighted by Gasteiger charge is -2.23. The van der Waals surface area contributed by atoms with E-state index in [1.807, 2.05) is 0 Å². The van der Waals surface area contributed by atoms with Crippen molar-refractivity contribution < 1.29 is 9.90 Å². The predicted octanol–water partition coefficient (Wildman–Crippen LogP) is 3.23. The molecule has 2 atom stereocenters. The van der Waals surface area contributed by atoms with Crippen molar-refractivity contribution >= 4 is 5.97 Å². The molecule has 1 rings (SSSR count). The van der Waals surface area contributed by atoms with Gasteiger partial charge in [-0.15, -0.1) is 0 Å². The zero-order valence-electron chi connectivity index (χ0n) is 8.91. The van der Waals surface area contributed by atoms with Gasteiger partial charge >= 0.3 is 5.97 Å². The second-order valence-corrected chi connectivity index (χ2v) is 4.11. The molecule has 0 radical (unpaired) electrons. The van der Waals surface area contributed by atoms with E-state index in [1.54, 1.807) is 0 Å². The first-order valence-electron chi connectivity index (χ1n) is 5.65. The Morgan fingerprint density at radius 1 is 1.50 bits per heavy atom. The number of allylic oxidation sites excluding steroid dienone is 2. The van der Waals surface area contributed by atoms with Gasteiger partial charge in [0, 0.05) is 0 Å². The SMILES string of the molecule is CCCCCC1C=CCCC1C(=O)O. The monoisotopic (exact) mass is 196 g/mol. The van der Waals surface area contributed by atoms with Crippen molar-refractivity contribution in [2.75, 3.05) is 0 Å². The number of unbranched alkanes of at least 4 members (excludes halogenated alkanes) is 2. The van der Waals surface area contributed by atoms with Crippen molar-refractivity contribution in [1.29, 1.82) is 0 Å². The molecule has 1 aliphatic rings. The normalized spacial score (nSPS) is 26.4. The third-order valence-corrected chi connectivity index (χ3v) is 3.00. The van der Waals surface area contributed by atoms with Crippen LogP contribution in [-0.2, 0) is 4.79 Å². The molecule has 0 saturated carbocycles. The largest absolute Gasteiger partial charge is 0.481 e. The third kappa shape index (κ3) is 3.17. The van der Waals surface area contributed by atoms with Gasteiger partial charge in [-0.1, -0.05) is 38.3 Å². The van der Waals surface area contributed by atoms with E-state index in [9.17, 15) is 4.79 Å². The molecule has 0 saturated heterocycles. The predicted molar refractivity (Wildman–Crippen MR) is 57.1 cm³/mol. The average molecular weight is 196 g/mol. The summed E-state index contributed by atoms with van der Waals surface area (Å²) in [4.78, 5) is 11.0. The van der Waals surface area contributed by atoms with Crippen molar-refractivity contribution in [2.45, 2.75) is 45.4 Å². The number of carbonyl (C=O) groups is 1. The maximum absolute atomic E-state index is 11.0. The highest BCUT2D eigenvalue weighted by Gasteiger charge is 2.27. The lowest BCUT2D eigenvalue weighted by atomic mass is 9.81. The molecule has 0 aromatic heterocycles. The maximum Gasteiger partial charge on any atom is 0.307 e. The van der Waals surface area contributed by atoms with Crippen LogP contribution in [0.3, 0.4) is 0 Å². The molecule has 80 valence electrons. The van der Waals surface area contributed by atoms with E-state index in [2.05, 4.69) is 19.1 Å². The third-order valence-electron chi connectivity index (χ3n) is 3.00. The molecule has 0 spiro atoms. The molecule has 0 aliphatic heterocycles. The van der Waals surface area contributed by atoms with Crippen molar-refractivity contribution in [3.63, 3.8) is 0 Å². The summed E-state index contributed by atoms with van der Waals surface area (Å²) in [7, 11) is 0. The highest BCUT2D eigenvalue weighted by atomic mass is 16.4. The van der Waals surface area contributed by atoms with Crippen LogP contribution < -0.4 is 0 Å². The van der Waals surface area contributed by atoms with E-state index in [-0.39, 0.29) is 11.8 Å². The van der Waals surface area contributed by atoms with E-state index in [1.165, 1.54) is 12.8 Å². The van der Waals surface area contributed by atoms with Gasteiger partial charge in [-0.3, -0.25) is 4.79 Å².